The zero-order valence-electron chi connectivity index (χ0n) is 16.0. The van der Waals surface area contributed by atoms with Crippen LogP contribution in [0.15, 0.2) is 90.6 Å². The van der Waals surface area contributed by atoms with Crippen LogP contribution < -0.4 is 21.9 Å². The molecule has 7 heteroatoms. The molecule has 3 aromatic carbocycles. The predicted molar refractivity (Wildman–Crippen MR) is 115 cm³/mol. The van der Waals surface area contributed by atoms with E-state index in [4.69, 9.17) is 5.84 Å². The highest BCUT2D eigenvalue weighted by molar-refractivity contribution is 6.12. The van der Waals surface area contributed by atoms with Gasteiger partial charge < -0.3 is 10.6 Å². The van der Waals surface area contributed by atoms with Gasteiger partial charge in [-0.1, -0.05) is 60.7 Å². The summed E-state index contributed by atoms with van der Waals surface area (Å²) in [6.45, 7) is 0. The van der Waals surface area contributed by atoms with E-state index in [1.165, 1.54) is 6.07 Å². The maximum absolute atomic E-state index is 13.0. The fraction of sp³-hybridized carbons (Fsp3) is 0. The lowest BCUT2D eigenvalue weighted by Gasteiger charge is -2.13. The first-order valence-electron chi connectivity index (χ1n) is 9.13. The molecule has 3 rings (SSSR count). The number of nitrogen functional groups attached to an aromatic ring is 1. The highest BCUT2D eigenvalue weighted by Crippen LogP contribution is 2.16. The molecular formula is C23H20N4O3. The van der Waals surface area contributed by atoms with Gasteiger partial charge >= 0.3 is 0 Å². The van der Waals surface area contributed by atoms with Crippen molar-refractivity contribution in [2.75, 3.05) is 5.32 Å². The van der Waals surface area contributed by atoms with E-state index in [0.29, 0.717) is 5.56 Å². The minimum atomic E-state index is -0.583. The second-order valence-electron chi connectivity index (χ2n) is 6.26. The summed E-state index contributed by atoms with van der Waals surface area (Å²) in [7, 11) is 0. The first kappa shape index (κ1) is 20.5. The van der Waals surface area contributed by atoms with Gasteiger partial charge in [-0.25, -0.2) is 5.84 Å². The van der Waals surface area contributed by atoms with E-state index in [9.17, 15) is 14.4 Å². The maximum Gasteiger partial charge on any atom is 0.272 e. The third-order valence-electron chi connectivity index (χ3n) is 4.19. The number of anilines is 1. The third kappa shape index (κ3) is 5.18. The van der Waals surface area contributed by atoms with Gasteiger partial charge in [0.15, 0.2) is 0 Å². The Morgan fingerprint density at radius 2 is 1.33 bits per heavy atom. The number of para-hydroxylation sites is 1. The van der Waals surface area contributed by atoms with E-state index in [1.54, 1.807) is 66.7 Å². The molecule has 0 aliphatic heterocycles. The van der Waals surface area contributed by atoms with Gasteiger partial charge in [0.2, 0.25) is 0 Å². The van der Waals surface area contributed by atoms with Gasteiger partial charge in [-0.2, -0.15) is 0 Å². The topological polar surface area (TPSA) is 113 Å². The van der Waals surface area contributed by atoms with Crippen LogP contribution in [0.3, 0.4) is 0 Å². The van der Waals surface area contributed by atoms with Gasteiger partial charge in [0, 0.05) is 5.56 Å². The van der Waals surface area contributed by atoms with E-state index in [0.717, 1.165) is 5.56 Å². The second kappa shape index (κ2) is 9.81. The first-order valence-corrected chi connectivity index (χ1v) is 9.13. The van der Waals surface area contributed by atoms with Crippen LogP contribution in [0.4, 0.5) is 5.69 Å². The van der Waals surface area contributed by atoms with Crippen molar-refractivity contribution in [2.24, 2.45) is 5.84 Å². The Hall–Kier alpha value is -4.23. The Bertz CT molecular complexity index is 1080. The molecule has 0 bridgehead atoms. The van der Waals surface area contributed by atoms with Crippen LogP contribution in [-0.2, 0) is 4.79 Å². The average molecular weight is 400 g/mol. The molecule has 0 aliphatic carbocycles. The number of amides is 3. The Morgan fingerprint density at radius 1 is 0.733 bits per heavy atom. The van der Waals surface area contributed by atoms with E-state index in [2.05, 4.69) is 10.6 Å². The Morgan fingerprint density at radius 3 is 2.00 bits per heavy atom. The van der Waals surface area contributed by atoms with Crippen LogP contribution in [0.2, 0.25) is 0 Å². The van der Waals surface area contributed by atoms with Crippen LogP contribution in [-0.4, -0.2) is 17.7 Å². The van der Waals surface area contributed by atoms with Crippen molar-refractivity contribution < 1.29 is 14.4 Å². The smallest absolute Gasteiger partial charge is 0.272 e. The maximum atomic E-state index is 13.0. The molecule has 0 spiro atoms. The molecule has 150 valence electrons. The number of rotatable bonds is 6. The van der Waals surface area contributed by atoms with Crippen molar-refractivity contribution >= 4 is 29.5 Å². The minimum Gasteiger partial charge on any atom is -0.320 e. The van der Waals surface area contributed by atoms with Crippen LogP contribution in [0.25, 0.3) is 6.08 Å². The quantitative estimate of drug-likeness (QED) is 0.220. The number of hydrogen-bond donors (Lipinski definition) is 4. The molecule has 0 atom stereocenters. The van der Waals surface area contributed by atoms with Crippen molar-refractivity contribution in [2.45, 2.75) is 0 Å². The zero-order valence-corrected chi connectivity index (χ0v) is 16.0. The summed E-state index contributed by atoms with van der Waals surface area (Å²) in [5, 5.41) is 5.31. The SMILES string of the molecule is NNC(=O)c1ccccc1NC(=O)C(=Cc1ccccc1)NC(=O)c1ccccc1. The summed E-state index contributed by atoms with van der Waals surface area (Å²) in [6, 6.07) is 24.1. The number of nitrogens with two attached hydrogens (primary N) is 1. The van der Waals surface area contributed by atoms with Crippen molar-refractivity contribution in [1.29, 1.82) is 0 Å². The van der Waals surface area contributed by atoms with Crippen molar-refractivity contribution in [3.8, 4) is 0 Å². The molecule has 0 saturated heterocycles. The van der Waals surface area contributed by atoms with Crippen LogP contribution in [0.5, 0.6) is 0 Å². The summed E-state index contributed by atoms with van der Waals surface area (Å²) in [4.78, 5) is 37.6. The number of nitrogens with one attached hydrogen (secondary N) is 3. The van der Waals surface area contributed by atoms with Crippen molar-refractivity contribution in [3.05, 3.63) is 107 Å². The van der Waals surface area contributed by atoms with E-state index in [-0.39, 0.29) is 16.9 Å². The molecule has 3 amide bonds. The molecule has 0 aromatic heterocycles. The second-order valence-corrected chi connectivity index (χ2v) is 6.26. The van der Waals surface area contributed by atoms with E-state index < -0.39 is 17.7 Å². The third-order valence-corrected chi connectivity index (χ3v) is 4.19. The normalized spacial score (nSPS) is 10.8. The molecule has 0 unspecified atom stereocenters. The van der Waals surface area contributed by atoms with Gasteiger partial charge in [-0.3, -0.25) is 19.8 Å². The molecule has 3 aromatic rings. The zero-order chi connectivity index (χ0) is 21.3. The molecule has 5 N–H and O–H groups in total. The van der Waals surface area contributed by atoms with Gasteiger partial charge in [0.1, 0.15) is 5.70 Å². The Kier molecular flexibility index (Phi) is 6.70. The number of carbonyl (C=O) groups excluding carboxylic acids is 3. The molecule has 0 fully saturated rings. The van der Waals surface area contributed by atoms with Gasteiger partial charge in [0.25, 0.3) is 17.7 Å². The Balaban J connectivity index is 1.91. The van der Waals surface area contributed by atoms with Crippen molar-refractivity contribution in [3.63, 3.8) is 0 Å². The standard InChI is InChI=1S/C23H20N4O3/c24-27-22(29)18-13-7-8-14-19(18)25-23(30)20(15-16-9-3-1-4-10-16)26-21(28)17-11-5-2-6-12-17/h1-15H,24H2,(H,25,30)(H,26,28)(H,27,29). The van der Waals surface area contributed by atoms with Crippen molar-refractivity contribution in [1.82, 2.24) is 10.7 Å². The summed E-state index contributed by atoms with van der Waals surface area (Å²) in [5.74, 6) is 3.65. The fourth-order valence-electron chi connectivity index (χ4n) is 2.72. The van der Waals surface area contributed by atoms with Gasteiger partial charge in [0.05, 0.1) is 11.3 Å². The lowest BCUT2D eigenvalue weighted by atomic mass is 10.1. The summed E-state index contributed by atoms with van der Waals surface area (Å²) >= 11 is 0. The lowest BCUT2D eigenvalue weighted by molar-refractivity contribution is -0.113. The molecule has 7 nitrogen and oxygen atoms in total. The highest BCUT2D eigenvalue weighted by atomic mass is 16.2. The largest absolute Gasteiger partial charge is 0.320 e. The molecule has 0 radical (unpaired) electrons. The number of hydrogen-bond acceptors (Lipinski definition) is 4. The molecule has 30 heavy (non-hydrogen) atoms. The number of benzene rings is 3. The number of carbonyl (C=O) groups is 3. The molecule has 0 aliphatic rings. The number of hydrazine groups is 1. The average Bonchev–Trinajstić information content (AvgIpc) is 2.79. The fourth-order valence-corrected chi connectivity index (χ4v) is 2.72. The van der Waals surface area contributed by atoms with Crippen LogP contribution >= 0.6 is 0 Å². The monoisotopic (exact) mass is 400 g/mol. The van der Waals surface area contributed by atoms with E-state index >= 15 is 0 Å². The van der Waals surface area contributed by atoms with E-state index in [1.807, 2.05) is 23.6 Å². The van der Waals surface area contributed by atoms with Crippen LogP contribution in [0.1, 0.15) is 26.3 Å². The van der Waals surface area contributed by atoms with Crippen LogP contribution in [0, 0.1) is 0 Å². The summed E-state index contributed by atoms with van der Waals surface area (Å²) in [6.07, 6.45) is 1.56. The predicted octanol–water partition coefficient (Wildman–Crippen LogP) is 2.70. The lowest BCUT2D eigenvalue weighted by Crippen LogP contribution is -2.33. The minimum absolute atomic E-state index is 0.0259. The summed E-state index contributed by atoms with van der Waals surface area (Å²) in [5.41, 5.74) is 3.66. The van der Waals surface area contributed by atoms with Gasteiger partial charge in [-0.05, 0) is 35.9 Å². The molecule has 0 heterocycles. The van der Waals surface area contributed by atoms with Gasteiger partial charge in [-0.15, -0.1) is 0 Å². The molecule has 0 saturated carbocycles. The Labute approximate surface area is 173 Å². The molecular weight excluding hydrogens is 380 g/mol. The summed E-state index contributed by atoms with van der Waals surface area (Å²) < 4.78 is 0. The first-order chi connectivity index (χ1) is 14.6. The highest BCUT2D eigenvalue weighted by Gasteiger charge is 2.17.